The maximum atomic E-state index is 12.7. The summed E-state index contributed by atoms with van der Waals surface area (Å²) in [5, 5.41) is 0. The van der Waals surface area contributed by atoms with Gasteiger partial charge in [0.05, 0.1) is 23.0 Å². The van der Waals surface area contributed by atoms with E-state index in [0.717, 1.165) is 38.5 Å². The zero-order valence-corrected chi connectivity index (χ0v) is 32.2. The van der Waals surface area contributed by atoms with Gasteiger partial charge in [-0.05, 0) is 88.9 Å². The number of carbonyl (C=O) groups is 4. The number of ether oxygens (including phenoxy) is 6. The first-order valence-electron chi connectivity index (χ1n) is 18.3. The number of carbonyl (C=O) groups excluding carboxylic acids is 4. The van der Waals surface area contributed by atoms with Gasteiger partial charge in [-0.1, -0.05) is 55.4 Å². The first-order valence-corrected chi connectivity index (χ1v) is 18.3. The van der Waals surface area contributed by atoms with Gasteiger partial charge in [0.25, 0.3) is 0 Å². The highest BCUT2D eigenvalue weighted by molar-refractivity contribution is 5.78. The van der Waals surface area contributed by atoms with Gasteiger partial charge in [-0.3, -0.25) is 19.2 Å². The van der Waals surface area contributed by atoms with Gasteiger partial charge in [0.15, 0.2) is 0 Å². The van der Waals surface area contributed by atoms with Crippen molar-refractivity contribution >= 4 is 23.9 Å². The highest BCUT2D eigenvalue weighted by Crippen LogP contribution is 2.36. The van der Waals surface area contributed by atoms with Gasteiger partial charge < -0.3 is 28.4 Å². The van der Waals surface area contributed by atoms with E-state index in [2.05, 4.69) is 27.7 Å². The third-order valence-corrected chi connectivity index (χ3v) is 10.8. The molecule has 2 aliphatic rings. The van der Waals surface area contributed by atoms with Gasteiger partial charge in [0.1, 0.15) is 25.4 Å². The van der Waals surface area contributed by atoms with Crippen LogP contribution in [0.3, 0.4) is 0 Å². The fraction of sp³-hybridized carbons (Fsp3) is 0.895. The highest BCUT2D eigenvalue weighted by atomic mass is 16.6. The summed E-state index contributed by atoms with van der Waals surface area (Å²) in [6, 6.07) is 0. The highest BCUT2D eigenvalue weighted by Gasteiger charge is 2.42. The van der Waals surface area contributed by atoms with Crippen molar-refractivity contribution in [1.82, 2.24) is 0 Å². The van der Waals surface area contributed by atoms with Crippen LogP contribution < -0.4 is 0 Å². The average Bonchev–Trinajstić information content (AvgIpc) is 3.09. The van der Waals surface area contributed by atoms with Crippen LogP contribution >= 0.6 is 0 Å². The molecular formula is C38H68O10. The number of hydrogen-bond acceptors (Lipinski definition) is 10. The van der Waals surface area contributed by atoms with E-state index in [4.69, 9.17) is 28.4 Å². The second-order valence-electron chi connectivity index (χ2n) is 14.9. The van der Waals surface area contributed by atoms with Gasteiger partial charge in [0.2, 0.25) is 0 Å². The summed E-state index contributed by atoms with van der Waals surface area (Å²) in [5.41, 5.74) is -1.62. The lowest BCUT2D eigenvalue weighted by Crippen LogP contribution is -2.44. The molecule has 48 heavy (non-hydrogen) atoms. The minimum Gasteiger partial charge on any atom is -0.464 e. The van der Waals surface area contributed by atoms with Crippen LogP contribution in [0.2, 0.25) is 0 Å². The predicted octanol–water partition coefficient (Wildman–Crippen LogP) is 7.48. The molecule has 0 N–H and O–H groups in total. The first kappa shape index (κ1) is 43.8. The summed E-state index contributed by atoms with van der Waals surface area (Å²) in [7, 11) is 3.35. The monoisotopic (exact) mass is 684 g/mol. The van der Waals surface area contributed by atoms with Crippen LogP contribution in [0, 0.1) is 34.5 Å². The van der Waals surface area contributed by atoms with Crippen LogP contribution in [0.4, 0.5) is 0 Å². The van der Waals surface area contributed by atoms with Gasteiger partial charge >= 0.3 is 23.9 Å². The summed E-state index contributed by atoms with van der Waals surface area (Å²) >= 11 is 0. The molecule has 0 aliphatic heterocycles. The van der Waals surface area contributed by atoms with Crippen molar-refractivity contribution in [3.05, 3.63) is 0 Å². The molecule has 0 aromatic carbocycles. The Balaban J connectivity index is 0.000000480. The van der Waals surface area contributed by atoms with Crippen molar-refractivity contribution in [2.45, 2.75) is 158 Å². The third kappa shape index (κ3) is 13.3. The van der Waals surface area contributed by atoms with Crippen LogP contribution in [0.5, 0.6) is 0 Å². The van der Waals surface area contributed by atoms with E-state index in [9.17, 15) is 19.2 Å². The van der Waals surface area contributed by atoms with Crippen molar-refractivity contribution in [3.63, 3.8) is 0 Å². The molecule has 2 saturated carbocycles. The van der Waals surface area contributed by atoms with E-state index in [1.165, 1.54) is 0 Å². The molecule has 0 heterocycles. The topological polar surface area (TPSA) is 124 Å². The van der Waals surface area contributed by atoms with E-state index < -0.39 is 10.8 Å². The van der Waals surface area contributed by atoms with Gasteiger partial charge in [-0.2, -0.15) is 0 Å². The molecule has 0 spiro atoms. The normalized spacial score (nSPS) is 26.7. The first-order chi connectivity index (χ1) is 22.5. The molecule has 280 valence electrons. The molecule has 2 fully saturated rings. The van der Waals surface area contributed by atoms with Gasteiger partial charge in [-0.25, -0.2) is 0 Å². The molecule has 0 aromatic heterocycles. The number of methoxy groups -OCH3 is 2. The van der Waals surface area contributed by atoms with E-state index in [-0.39, 0.29) is 61.5 Å². The lowest BCUT2D eigenvalue weighted by molar-refractivity contribution is -0.178. The van der Waals surface area contributed by atoms with Crippen LogP contribution in [0.25, 0.3) is 0 Å². The zero-order chi connectivity index (χ0) is 36.7. The lowest BCUT2D eigenvalue weighted by atomic mass is 9.79. The number of esters is 4. The Morgan fingerprint density at radius 2 is 0.917 bits per heavy atom. The largest absolute Gasteiger partial charge is 0.464 e. The van der Waals surface area contributed by atoms with Crippen LogP contribution in [-0.4, -0.2) is 75.7 Å². The van der Waals surface area contributed by atoms with Crippen molar-refractivity contribution < 1.29 is 47.6 Å². The maximum Gasteiger partial charge on any atom is 0.315 e. The van der Waals surface area contributed by atoms with Crippen molar-refractivity contribution in [3.8, 4) is 0 Å². The number of hydrogen-bond donors (Lipinski definition) is 0. The Labute approximate surface area is 291 Å². The van der Waals surface area contributed by atoms with Crippen molar-refractivity contribution in [2.24, 2.45) is 34.5 Å². The molecule has 0 aromatic rings. The molecule has 2 aliphatic carbocycles. The van der Waals surface area contributed by atoms with E-state index >= 15 is 0 Å². The minimum atomic E-state index is -0.808. The third-order valence-electron chi connectivity index (χ3n) is 10.8. The Morgan fingerprint density at radius 1 is 0.583 bits per heavy atom. The summed E-state index contributed by atoms with van der Waals surface area (Å²) in [6.45, 7) is 19.9. The molecule has 0 radical (unpaired) electrons. The Bertz CT molecular complexity index is 918. The van der Waals surface area contributed by atoms with Crippen molar-refractivity contribution in [2.75, 3.05) is 27.4 Å². The molecule has 2 rings (SSSR count). The molecule has 0 bridgehead atoms. The average molecular weight is 685 g/mol. The summed E-state index contributed by atoms with van der Waals surface area (Å²) in [5.74, 6) is 1.22. The summed E-state index contributed by atoms with van der Waals surface area (Å²) in [6.07, 6.45) is 6.73. The molecule has 10 nitrogen and oxygen atoms in total. The summed E-state index contributed by atoms with van der Waals surface area (Å²) in [4.78, 5) is 48.1. The van der Waals surface area contributed by atoms with Crippen LogP contribution in [0.15, 0.2) is 0 Å². The summed E-state index contributed by atoms with van der Waals surface area (Å²) < 4.78 is 33.1. The molecule has 0 saturated heterocycles. The Kier molecular flexibility index (Phi) is 19.3. The van der Waals surface area contributed by atoms with Crippen molar-refractivity contribution in [1.29, 1.82) is 0 Å². The molecule has 0 amide bonds. The molecule has 0 unspecified atom stereocenters. The standard InChI is InChI=1S/2C19H34O5/c2*1-7-17(20)23-12-19(5,8-2)18(21)24-15-10-9-14(13(3)4)11-16(15)22-6/h2*13-16H,7-12H2,1-6H3/t14-,15-,16-,19+;14-,15-,16-,19-/m11/s1. The van der Waals surface area contributed by atoms with E-state index in [1.807, 2.05) is 13.8 Å². The molecule has 10 heteroatoms. The van der Waals surface area contributed by atoms with E-state index in [0.29, 0.717) is 49.4 Å². The SMILES string of the molecule is CCC(=O)OC[C@@](C)(CC)C(=O)O[C@@H]1CC[C@@H](C(C)C)C[C@H]1OC.CCC(=O)OC[C@](C)(CC)C(=O)O[C@@H]1CC[C@@H](C(C)C)C[C@H]1OC. The fourth-order valence-corrected chi connectivity index (χ4v) is 6.09. The Hall–Kier alpha value is -2.20. The maximum absolute atomic E-state index is 12.7. The second-order valence-corrected chi connectivity index (χ2v) is 14.9. The Morgan fingerprint density at radius 3 is 1.17 bits per heavy atom. The number of rotatable bonds is 16. The lowest BCUT2D eigenvalue weighted by Gasteiger charge is -2.38. The zero-order valence-electron chi connectivity index (χ0n) is 32.2. The van der Waals surface area contributed by atoms with Crippen LogP contribution in [-0.2, 0) is 47.6 Å². The molecule has 8 atom stereocenters. The fourth-order valence-electron chi connectivity index (χ4n) is 6.09. The molecular weight excluding hydrogens is 616 g/mol. The minimum absolute atomic E-state index is 0.0607. The quantitative estimate of drug-likeness (QED) is 0.119. The second kappa shape index (κ2) is 21.1. The van der Waals surface area contributed by atoms with Gasteiger partial charge in [0, 0.05) is 27.1 Å². The predicted molar refractivity (Wildman–Crippen MR) is 185 cm³/mol. The smallest absolute Gasteiger partial charge is 0.315 e. The van der Waals surface area contributed by atoms with Crippen LogP contribution in [0.1, 0.15) is 133 Å². The van der Waals surface area contributed by atoms with E-state index in [1.54, 1.807) is 41.9 Å². The van der Waals surface area contributed by atoms with Gasteiger partial charge in [-0.15, -0.1) is 0 Å².